The number of Topliss-reactive ketones (excluding diaryl/α,β-unsaturated/α-hetero) is 2. The molecule has 20 nitrogen and oxygen atoms in total. The van der Waals surface area contributed by atoms with Crippen LogP contribution in [0.4, 0.5) is 4.79 Å². The third kappa shape index (κ3) is 19.2. The molecule has 0 saturated carbocycles. The van der Waals surface area contributed by atoms with Crippen molar-refractivity contribution in [1.29, 1.82) is 10.8 Å². The highest BCUT2D eigenvalue weighted by Gasteiger charge is 2.48. The number of esters is 2. The molecule has 0 rings (SSSR count). The van der Waals surface area contributed by atoms with Crippen LogP contribution < -0.4 is 32.7 Å². The molecule has 0 fully saturated rings. The highest BCUT2D eigenvalue weighted by Crippen LogP contribution is 2.25. The van der Waals surface area contributed by atoms with Crippen LogP contribution in [-0.2, 0) is 47.8 Å². The SMILES string of the molecule is CC(C)OC(=O)[C@H](CCC(=O)C=N)NC(=O)[C@H](CCC(=O)C=N)NC(=O)CC[C@@H](C(=O)OC(C)C)[N+](C)(S)C(=O)[C@H](CCCNC(N)=O)NC(=O)[C@@H](N)C(C)C. The fraction of sp³-hybridized carbons (Fsp3) is 0.686. The Labute approximate surface area is 332 Å². The van der Waals surface area contributed by atoms with E-state index in [4.69, 9.17) is 31.8 Å². The average molecular weight is 815 g/mol. The Hall–Kier alpha value is -4.76. The molecule has 6 amide bonds. The predicted molar refractivity (Wildman–Crippen MR) is 207 cm³/mol. The number of rotatable bonds is 27. The topological polar surface area (TPSA) is 320 Å². The summed E-state index contributed by atoms with van der Waals surface area (Å²) in [5, 5.41) is 24.2. The Kier molecular flexibility index (Phi) is 23.2. The lowest BCUT2D eigenvalue weighted by molar-refractivity contribution is -0.712. The minimum atomic E-state index is -1.45. The van der Waals surface area contributed by atoms with Gasteiger partial charge in [-0.1, -0.05) is 13.8 Å². The maximum atomic E-state index is 14.1. The number of likely N-dealkylation sites (N-methyl/N-ethyl adjacent to an activating group) is 1. The lowest BCUT2D eigenvalue weighted by Crippen LogP contribution is -2.61. The first-order chi connectivity index (χ1) is 26.0. The number of carbonyl (C=O) groups is 9. The normalized spacial score (nSPS) is 14.9. The van der Waals surface area contributed by atoms with Gasteiger partial charge in [0.25, 0.3) is 0 Å². The van der Waals surface area contributed by atoms with Crippen LogP contribution in [0.25, 0.3) is 0 Å². The second kappa shape index (κ2) is 25.4. The summed E-state index contributed by atoms with van der Waals surface area (Å²) in [6, 6.07) is -7.31. The number of hydrogen-bond donors (Lipinski definition) is 9. The Morgan fingerprint density at radius 2 is 1.20 bits per heavy atom. The van der Waals surface area contributed by atoms with E-state index in [0.29, 0.717) is 12.4 Å². The molecule has 0 heterocycles. The minimum absolute atomic E-state index is 0.0248. The minimum Gasteiger partial charge on any atom is -0.461 e. The molecule has 0 aromatic heterocycles. The van der Waals surface area contributed by atoms with E-state index >= 15 is 0 Å². The molecule has 316 valence electrons. The number of nitrogens with zero attached hydrogens (tertiary/aromatic N) is 1. The summed E-state index contributed by atoms with van der Waals surface area (Å²) in [4.78, 5) is 115. The van der Waals surface area contributed by atoms with Gasteiger partial charge in [0, 0.05) is 32.2 Å². The zero-order valence-corrected chi connectivity index (χ0v) is 34.1. The third-order valence-electron chi connectivity index (χ3n) is 8.21. The van der Waals surface area contributed by atoms with Gasteiger partial charge in [-0.3, -0.25) is 24.0 Å². The molecule has 0 spiro atoms. The number of urea groups is 1. The van der Waals surface area contributed by atoms with E-state index in [9.17, 15) is 43.2 Å². The van der Waals surface area contributed by atoms with Crippen molar-refractivity contribution in [3.8, 4) is 0 Å². The van der Waals surface area contributed by atoms with Crippen LogP contribution in [0.15, 0.2) is 0 Å². The van der Waals surface area contributed by atoms with Gasteiger partial charge in [0.15, 0.2) is 11.6 Å². The van der Waals surface area contributed by atoms with Crippen LogP contribution in [0.1, 0.15) is 92.9 Å². The first-order valence-electron chi connectivity index (χ1n) is 18.3. The van der Waals surface area contributed by atoms with Gasteiger partial charge in [-0.25, -0.2) is 19.2 Å². The molecule has 0 bridgehead atoms. The van der Waals surface area contributed by atoms with Gasteiger partial charge < -0.3 is 53.0 Å². The van der Waals surface area contributed by atoms with E-state index in [2.05, 4.69) is 34.1 Å². The van der Waals surface area contributed by atoms with Crippen molar-refractivity contribution >= 4 is 78.4 Å². The predicted octanol–water partition coefficient (Wildman–Crippen LogP) is -0.260. The number of amides is 6. The summed E-state index contributed by atoms with van der Waals surface area (Å²) >= 11 is 4.54. The van der Waals surface area contributed by atoms with E-state index < -0.39 is 106 Å². The van der Waals surface area contributed by atoms with Crippen LogP contribution in [0, 0.1) is 16.7 Å². The molecule has 56 heavy (non-hydrogen) atoms. The number of nitrogens with one attached hydrogen (secondary N) is 6. The van der Waals surface area contributed by atoms with E-state index in [-0.39, 0.29) is 57.4 Å². The standard InChI is InChI=1S/C35H59N9O11S/c1-19(2)29(38)31(49)42-25(9-8-16-40-35(39)53)32(50)44(7,56)27(34(52)55-21(5)6)14-15-28(47)41-24(12-10-22(45)17-36)30(48)43-26(13-11-23(46)18-37)33(51)54-20(3)4/h17-21,24-27,29,36-37,56H,8-16,38H2,1-7H3,(H5-,39,40,41,42,43,47,48,49,53)/p+1/t24-,25-,26-,27-,29-,44?/m0/s1. The second-order valence-electron chi connectivity index (χ2n) is 14.1. The van der Waals surface area contributed by atoms with Gasteiger partial charge in [0.1, 0.15) is 18.1 Å². The van der Waals surface area contributed by atoms with Gasteiger partial charge >= 0.3 is 23.9 Å². The third-order valence-corrected chi connectivity index (χ3v) is 8.69. The zero-order valence-electron chi connectivity index (χ0n) is 33.2. The lowest BCUT2D eigenvalue weighted by atomic mass is 10.0. The van der Waals surface area contributed by atoms with Gasteiger partial charge in [-0.2, -0.15) is 3.89 Å². The highest BCUT2D eigenvalue weighted by molar-refractivity contribution is 7.74. The molecular weight excluding hydrogens is 755 g/mol. The number of hydrogen-bond acceptors (Lipinski definition) is 15. The maximum Gasteiger partial charge on any atom is 0.366 e. The van der Waals surface area contributed by atoms with E-state index in [1.807, 2.05) is 0 Å². The molecular formula is C35H60N9O11S+. The quantitative estimate of drug-likeness (QED) is 0.0170. The van der Waals surface area contributed by atoms with E-state index in [1.165, 1.54) is 7.05 Å². The van der Waals surface area contributed by atoms with Gasteiger partial charge in [-0.05, 0) is 59.3 Å². The van der Waals surface area contributed by atoms with E-state index in [1.54, 1.807) is 41.5 Å². The molecule has 21 heteroatoms. The molecule has 1 unspecified atom stereocenters. The zero-order chi connectivity index (χ0) is 43.3. The Balaban J connectivity index is 6.47. The number of ether oxygens (including phenoxy) is 2. The number of thiol groups is 1. The first kappa shape index (κ1) is 51.2. The smallest absolute Gasteiger partial charge is 0.366 e. The van der Waals surface area contributed by atoms with Gasteiger partial charge in [0.05, 0.1) is 50.5 Å². The molecule has 0 saturated heterocycles. The summed E-state index contributed by atoms with van der Waals surface area (Å²) in [7, 11) is 1.28. The summed E-state index contributed by atoms with van der Waals surface area (Å²) in [6.07, 6.45) is -2.01. The summed E-state index contributed by atoms with van der Waals surface area (Å²) in [6.45, 7) is 9.75. The number of quaternary nitrogens is 1. The average Bonchev–Trinajstić information content (AvgIpc) is 3.10. The van der Waals surface area contributed by atoms with Crippen molar-refractivity contribution in [2.45, 2.75) is 135 Å². The number of ketones is 2. The van der Waals surface area contributed by atoms with Crippen molar-refractivity contribution in [2.75, 3.05) is 13.6 Å². The fourth-order valence-electron chi connectivity index (χ4n) is 5.06. The van der Waals surface area contributed by atoms with Crippen molar-refractivity contribution in [3.63, 3.8) is 0 Å². The molecule has 6 atom stereocenters. The number of primary amides is 1. The summed E-state index contributed by atoms with van der Waals surface area (Å²) in [5.74, 6) is -6.52. The van der Waals surface area contributed by atoms with Crippen LogP contribution in [-0.4, -0.2) is 125 Å². The van der Waals surface area contributed by atoms with Crippen LogP contribution in [0.2, 0.25) is 0 Å². The fourth-order valence-corrected chi connectivity index (χ4v) is 5.41. The number of carbonyl (C=O) groups excluding carboxylic acids is 9. The van der Waals surface area contributed by atoms with Crippen LogP contribution in [0.3, 0.4) is 0 Å². The van der Waals surface area contributed by atoms with Gasteiger partial charge in [-0.15, -0.1) is 0 Å². The molecule has 0 aliphatic rings. The molecule has 0 aliphatic carbocycles. The van der Waals surface area contributed by atoms with E-state index in [0.717, 1.165) is 0 Å². The lowest BCUT2D eigenvalue weighted by Gasteiger charge is -2.35. The van der Waals surface area contributed by atoms with Crippen molar-refractivity contribution in [3.05, 3.63) is 0 Å². The number of nitrogens with two attached hydrogens (primary N) is 2. The molecule has 0 aromatic carbocycles. The Bertz CT molecular complexity index is 1440. The van der Waals surface area contributed by atoms with Gasteiger partial charge in [0.2, 0.25) is 23.8 Å². The Morgan fingerprint density at radius 1 is 0.696 bits per heavy atom. The molecule has 0 aliphatic heterocycles. The summed E-state index contributed by atoms with van der Waals surface area (Å²) < 4.78 is 9.60. The maximum absolute atomic E-state index is 14.1. The monoisotopic (exact) mass is 814 g/mol. The molecule has 0 aromatic rings. The second-order valence-corrected chi connectivity index (χ2v) is 15.0. The molecule has 0 radical (unpaired) electrons. The van der Waals surface area contributed by atoms with Crippen molar-refractivity contribution in [2.24, 2.45) is 17.4 Å². The van der Waals surface area contributed by atoms with Crippen LogP contribution >= 0.6 is 12.8 Å². The first-order valence-corrected chi connectivity index (χ1v) is 18.7. The Morgan fingerprint density at radius 3 is 1.68 bits per heavy atom. The van der Waals surface area contributed by atoms with Crippen molar-refractivity contribution < 1.29 is 56.5 Å². The molecule has 10 N–H and O–H groups in total. The summed E-state index contributed by atoms with van der Waals surface area (Å²) in [5.41, 5.74) is 11.1. The largest absolute Gasteiger partial charge is 0.461 e. The van der Waals surface area contributed by atoms with Crippen molar-refractivity contribution in [1.82, 2.24) is 21.3 Å². The van der Waals surface area contributed by atoms with Crippen LogP contribution in [0.5, 0.6) is 0 Å². The highest BCUT2D eigenvalue weighted by atomic mass is 32.1.